The number of esters is 1. The first-order valence-corrected chi connectivity index (χ1v) is 8.90. The highest BCUT2D eigenvalue weighted by Crippen LogP contribution is 2.14. The van der Waals surface area contributed by atoms with E-state index in [0.717, 1.165) is 11.3 Å². The van der Waals surface area contributed by atoms with Crippen molar-refractivity contribution in [1.29, 1.82) is 0 Å². The van der Waals surface area contributed by atoms with Gasteiger partial charge in [0.15, 0.2) is 0 Å². The Kier molecular flexibility index (Phi) is 6.98. The number of ether oxygens (including phenoxy) is 2. The highest BCUT2D eigenvalue weighted by molar-refractivity contribution is 5.81. The number of carbonyl (C=O) groups is 2. The first-order chi connectivity index (χ1) is 12.8. The number of aromatic nitrogens is 2. The molecule has 1 heterocycles. The van der Waals surface area contributed by atoms with E-state index < -0.39 is 23.7 Å². The van der Waals surface area contributed by atoms with E-state index >= 15 is 0 Å². The highest BCUT2D eigenvalue weighted by atomic mass is 16.6. The van der Waals surface area contributed by atoms with Crippen LogP contribution in [0, 0.1) is 0 Å². The molecular formula is C20H27N3O4. The summed E-state index contributed by atoms with van der Waals surface area (Å²) in [6.07, 6.45) is 3.44. The van der Waals surface area contributed by atoms with E-state index in [1.807, 2.05) is 30.3 Å². The molecule has 1 aromatic carbocycles. The van der Waals surface area contributed by atoms with Gasteiger partial charge in [0.25, 0.3) is 0 Å². The minimum absolute atomic E-state index is 0.241. The summed E-state index contributed by atoms with van der Waals surface area (Å²) >= 11 is 0. The molecule has 27 heavy (non-hydrogen) atoms. The van der Waals surface area contributed by atoms with Crippen LogP contribution in [-0.2, 0) is 27.1 Å². The van der Waals surface area contributed by atoms with E-state index in [9.17, 15) is 9.59 Å². The van der Waals surface area contributed by atoms with Crippen molar-refractivity contribution in [2.75, 3.05) is 13.7 Å². The Balaban J connectivity index is 2.01. The predicted molar refractivity (Wildman–Crippen MR) is 101 cm³/mol. The van der Waals surface area contributed by atoms with Crippen LogP contribution in [0.15, 0.2) is 42.9 Å². The van der Waals surface area contributed by atoms with Crippen molar-refractivity contribution >= 4 is 12.1 Å². The van der Waals surface area contributed by atoms with E-state index in [1.165, 1.54) is 18.3 Å². The number of imidazole rings is 1. The highest BCUT2D eigenvalue weighted by Gasteiger charge is 2.32. The second-order valence-corrected chi connectivity index (χ2v) is 7.29. The van der Waals surface area contributed by atoms with Gasteiger partial charge in [0, 0.05) is 31.8 Å². The minimum atomic E-state index is -0.809. The Morgan fingerprint density at radius 2 is 1.93 bits per heavy atom. The smallest absolute Gasteiger partial charge is 0.410 e. The monoisotopic (exact) mass is 373 g/mol. The molecule has 146 valence electrons. The van der Waals surface area contributed by atoms with Crippen molar-refractivity contribution < 1.29 is 19.1 Å². The third-order valence-corrected chi connectivity index (χ3v) is 3.87. The van der Waals surface area contributed by atoms with Gasteiger partial charge in [-0.1, -0.05) is 30.3 Å². The van der Waals surface area contributed by atoms with Gasteiger partial charge in [-0.15, -0.1) is 0 Å². The summed E-state index contributed by atoms with van der Waals surface area (Å²) in [5.74, 6) is -0.478. The van der Waals surface area contributed by atoms with E-state index in [0.29, 0.717) is 6.42 Å². The predicted octanol–water partition coefficient (Wildman–Crippen LogP) is 2.97. The molecule has 0 aliphatic rings. The van der Waals surface area contributed by atoms with Crippen LogP contribution in [0.4, 0.5) is 4.79 Å². The molecule has 7 nitrogen and oxygen atoms in total. The lowest BCUT2D eigenvalue weighted by Gasteiger charge is -2.29. The lowest BCUT2D eigenvalue weighted by molar-refractivity contribution is -0.149. The van der Waals surface area contributed by atoms with Crippen LogP contribution in [0.25, 0.3) is 0 Å². The van der Waals surface area contributed by atoms with Crippen LogP contribution in [0.1, 0.15) is 32.0 Å². The molecule has 0 saturated heterocycles. The van der Waals surface area contributed by atoms with Crippen molar-refractivity contribution in [2.45, 2.75) is 45.3 Å². The van der Waals surface area contributed by atoms with E-state index in [2.05, 4.69) is 9.97 Å². The number of nitrogens with one attached hydrogen (secondary N) is 1. The molecule has 0 spiro atoms. The molecule has 7 heteroatoms. The molecule has 2 rings (SSSR count). The van der Waals surface area contributed by atoms with Crippen molar-refractivity contribution in [2.24, 2.45) is 0 Å². The standard InChI is InChI=1S/C20H27N3O4/c1-20(2,3)27-19(25)23(4)17(12-16-13-21-14-22-16)18(24)26-11-10-15-8-6-5-7-9-15/h5-9,13-14,17H,10-12H2,1-4H3,(H,21,22)/t17-/m0/s1. The quantitative estimate of drug-likeness (QED) is 0.754. The Labute approximate surface area is 159 Å². The molecule has 1 aromatic heterocycles. The fourth-order valence-electron chi connectivity index (χ4n) is 2.45. The summed E-state index contributed by atoms with van der Waals surface area (Å²) in [5.41, 5.74) is 1.16. The van der Waals surface area contributed by atoms with Gasteiger partial charge in [0.2, 0.25) is 0 Å². The van der Waals surface area contributed by atoms with Crippen molar-refractivity contribution in [1.82, 2.24) is 14.9 Å². The number of rotatable bonds is 7. The molecular weight excluding hydrogens is 346 g/mol. The van der Waals surface area contributed by atoms with Gasteiger partial charge in [-0.3, -0.25) is 4.90 Å². The first-order valence-electron chi connectivity index (χ1n) is 8.90. The van der Waals surface area contributed by atoms with Gasteiger partial charge in [0.05, 0.1) is 12.9 Å². The van der Waals surface area contributed by atoms with Crippen LogP contribution in [0.2, 0.25) is 0 Å². The van der Waals surface area contributed by atoms with Crippen molar-refractivity contribution in [3.63, 3.8) is 0 Å². The number of nitrogens with zero attached hydrogens (tertiary/aromatic N) is 2. The second kappa shape index (κ2) is 9.21. The molecule has 2 aromatic rings. The summed E-state index contributed by atoms with van der Waals surface area (Å²) in [6, 6.07) is 8.95. The maximum Gasteiger partial charge on any atom is 0.410 e. The molecule has 1 amide bonds. The number of hydrogen-bond donors (Lipinski definition) is 1. The Bertz CT molecular complexity index is 723. The van der Waals surface area contributed by atoms with Crippen LogP contribution in [0.5, 0.6) is 0 Å². The van der Waals surface area contributed by atoms with Gasteiger partial charge >= 0.3 is 12.1 Å². The number of benzene rings is 1. The molecule has 0 bridgehead atoms. The Morgan fingerprint density at radius 1 is 1.22 bits per heavy atom. The van der Waals surface area contributed by atoms with Crippen LogP contribution in [0.3, 0.4) is 0 Å². The lowest BCUT2D eigenvalue weighted by Crippen LogP contribution is -2.47. The topological polar surface area (TPSA) is 84.5 Å². The number of aromatic amines is 1. The largest absolute Gasteiger partial charge is 0.464 e. The fraction of sp³-hybridized carbons (Fsp3) is 0.450. The summed E-state index contributed by atoms with van der Waals surface area (Å²) in [7, 11) is 1.54. The normalized spacial score (nSPS) is 12.3. The Morgan fingerprint density at radius 3 is 2.52 bits per heavy atom. The summed E-state index contributed by atoms with van der Waals surface area (Å²) in [6.45, 7) is 5.58. The zero-order valence-electron chi connectivity index (χ0n) is 16.3. The lowest BCUT2D eigenvalue weighted by atomic mass is 10.1. The van der Waals surface area contributed by atoms with E-state index in [4.69, 9.17) is 9.47 Å². The molecule has 0 radical (unpaired) electrons. The average Bonchev–Trinajstić information content (AvgIpc) is 3.11. The summed E-state index contributed by atoms with van der Waals surface area (Å²) < 4.78 is 10.8. The van der Waals surface area contributed by atoms with Crippen molar-refractivity contribution in [3.8, 4) is 0 Å². The van der Waals surface area contributed by atoms with Gasteiger partial charge < -0.3 is 14.5 Å². The fourth-order valence-corrected chi connectivity index (χ4v) is 2.45. The van der Waals surface area contributed by atoms with E-state index in [1.54, 1.807) is 27.0 Å². The molecule has 0 saturated carbocycles. The van der Waals surface area contributed by atoms with Crippen LogP contribution in [-0.4, -0.2) is 52.2 Å². The number of H-pyrrole nitrogens is 1. The van der Waals surface area contributed by atoms with Gasteiger partial charge in [-0.05, 0) is 26.3 Å². The number of carbonyl (C=O) groups excluding carboxylic acids is 2. The van der Waals surface area contributed by atoms with E-state index in [-0.39, 0.29) is 13.0 Å². The maximum absolute atomic E-state index is 12.7. The third kappa shape index (κ3) is 6.77. The minimum Gasteiger partial charge on any atom is -0.464 e. The first kappa shape index (κ1) is 20.5. The van der Waals surface area contributed by atoms with Gasteiger partial charge in [-0.25, -0.2) is 14.6 Å². The SMILES string of the molecule is CN(C(=O)OC(C)(C)C)[C@@H](Cc1cnc[nH]1)C(=O)OCCc1ccccc1. The zero-order valence-corrected chi connectivity index (χ0v) is 16.3. The molecule has 1 N–H and O–H groups in total. The number of hydrogen-bond acceptors (Lipinski definition) is 5. The second-order valence-electron chi connectivity index (χ2n) is 7.29. The average molecular weight is 373 g/mol. The van der Waals surface area contributed by atoms with Gasteiger partial charge in [0.1, 0.15) is 11.6 Å². The zero-order chi connectivity index (χ0) is 19.9. The van der Waals surface area contributed by atoms with Crippen LogP contribution >= 0.6 is 0 Å². The van der Waals surface area contributed by atoms with Crippen molar-refractivity contribution in [3.05, 3.63) is 54.1 Å². The van der Waals surface area contributed by atoms with Crippen LogP contribution < -0.4 is 0 Å². The number of amides is 1. The molecule has 0 unspecified atom stereocenters. The maximum atomic E-state index is 12.7. The third-order valence-electron chi connectivity index (χ3n) is 3.87. The molecule has 1 atom stereocenters. The summed E-state index contributed by atoms with van der Waals surface area (Å²) in [4.78, 5) is 33.2. The summed E-state index contributed by atoms with van der Waals surface area (Å²) in [5, 5.41) is 0. The Hall–Kier alpha value is -2.83. The molecule has 0 aliphatic carbocycles. The molecule has 0 fully saturated rings. The molecule has 0 aliphatic heterocycles. The number of likely N-dealkylation sites (N-methyl/N-ethyl adjacent to an activating group) is 1. The van der Waals surface area contributed by atoms with Gasteiger partial charge in [-0.2, -0.15) is 0 Å².